The zero-order valence-electron chi connectivity index (χ0n) is 11.0. The topological polar surface area (TPSA) is 29.9 Å². The van der Waals surface area contributed by atoms with Crippen LogP contribution in [0.2, 0.25) is 0 Å². The Morgan fingerprint density at radius 1 is 1.21 bits per heavy atom. The summed E-state index contributed by atoms with van der Waals surface area (Å²) >= 11 is 1.88. The maximum atomic E-state index is 4.58. The highest BCUT2D eigenvalue weighted by Crippen LogP contribution is 2.19. The van der Waals surface area contributed by atoms with Gasteiger partial charge in [-0.1, -0.05) is 18.2 Å². The summed E-state index contributed by atoms with van der Waals surface area (Å²) in [5.41, 5.74) is 1.15. The molecule has 3 rings (SSSR count). The maximum Gasteiger partial charge on any atom is 0.0762 e. The van der Waals surface area contributed by atoms with Crippen LogP contribution in [0.3, 0.4) is 0 Å². The van der Waals surface area contributed by atoms with Crippen LogP contribution in [0.5, 0.6) is 0 Å². The molecule has 1 aromatic carbocycles. The average Bonchev–Trinajstić information content (AvgIpc) is 3.17. The third-order valence-corrected chi connectivity index (χ3v) is 4.17. The number of benzene rings is 1. The van der Waals surface area contributed by atoms with Gasteiger partial charge in [0.15, 0.2) is 0 Å². The fourth-order valence-electron chi connectivity index (χ4n) is 1.93. The van der Waals surface area contributed by atoms with Gasteiger partial charge in [-0.25, -0.2) is 0 Å². The zero-order chi connectivity index (χ0) is 12.9. The van der Waals surface area contributed by atoms with Gasteiger partial charge in [0, 0.05) is 29.4 Å². The predicted octanol–water partition coefficient (Wildman–Crippen LogP) is 2.93. The molecule has 1 aliphatic rings. The third kappa shape index (κ3) is 4.11. The SMILES string of the molecule is c1ccc(SCCn2ccc(CNC3CC3)n2)cc1. The van der Waals surface area contributed by atoms with Gasteiger partial charge in [0.05, 0.1) is 12.2 Å². The Morgan fingerprint density at radius 2 is 2.05 bits per heavy atom. The second kappa shape index (κ2) is 6.26. The van der Waals surface area contributed by atoms with Crippen molar-refractivity contribution in [2.75, 3.05) is 5.75 Å². The molecular formula is C15H19N3S. The van der Waals surface area contributed by atoms with Crippen molar-refractivity contribution in [2.24, 2.45) is 0 Å². The smallest absolute Gasteiger partial charge is 0.0762 e. The minimum absolute atomic E-state index is 0.749. The Bertz CT molecular complexity index is 505. The number of nitrogens with one attached hydrogen (secondary N) is 1. The van der Waals surface area contributed by atoms with Crippen molar-refractivity contribution in [3.05, 3.63) is 48.3 Å². The lowest BCUT2D eigenvalue weighted by Gasteiger charge is -2.02. The molecule has 0 spiro atoms. The number of thioether (sulfide) groups is 1. The van der Waals surface area contributed by atoms with Gasteiger partial charge in [-0.3, -0.25) is 4.68 Å². The van der Waals surface area contributed by atoms with Gasteiger partial charge in [-0.15, -0.1) is 11.8 Å². The minimum Gasteiger partial charge on any atom is -0.308 e. The molecule has 0 amide bonds. The Labute approximate surface area is 118 Å². The standard InChI is InChI=1S/C15H19N3S/c1-2-4-15(5-3-1)19-11-10-18-9-8-14(17-18)12-16-13-6-7-13/h1-5,8-9,13,16H,6-7,10-12H2. The van der Waals surface area contributed by atoms with Crippen LogP contribution in [-0.2, 0) is 13.1 Å². The first-order valence-corrected chi connectivity index (χ1v) is 7.82. The summed E-state index contributed by atoms with van der Waals surface area (Å²) in [5.74, 6) is 1.06. The summed E-state index contributed by atoms with van der Waals surface area (Å²) < 4.78 is 2.04. The molecule has 100 valence electrons. The first-order chi connectivity index (χ1) is 9.40. The first kappa shape index (κ1) is 12.8. The number of hydrogen-bond acceptors (Lipinski definition) is 3. The number of aryl methyl sites for hydroxylation is 1. The van der Waals surface area contributed by atoms with Crippen LogP contribution in [-0.4, -0.2) is 21.6 Å². The third-order valence-electron chi connectivity index (χ3n) is 3.18. The molecular weight excluding hydrogens is 254 g/mol. The second-order valence-electron chi connectivity index (χ2n) is 4.89. The van der Waals surface area contributed by atoms with E-state index in [1.165, 1.54) is 17.7 Å². The number of rotatable bonds is 7. The summed E-state index contributed by atoms with van der Waals surface area (Å²) in [6.07, 6.45) is 4.73. The molecule has 1 saturated carbocycles. The lowest BCUT2D eigenvalue weighted by molar-refractivity contribution is 0.621. The molecule has 1 aliphatic carbocycles. The van der Waals surface area contributed by atoms with Gasteiger partial charge in [0.1, 0.15) is 0 Å². The molecule has 0 aliphatic heterocycles. The van der Waals surface area contributed by atoms with E-state index in [1.54, 1.807) is 0 Å². The van der Waals surface area contributed by atoms with Crippen molar-refractivity contribution >= 4 is 11.8 Å². The number of nitrogens with zero attached hydrogens (tertiary/aromatic N) is 2. The van der Waals surface area contributed by atoms with Crippen molar-refractivity contribution < 1.29 is 0 Å². The molecule has 1 fully saturated rings. The van der Waals surface area contributed by atoms with Crippen molar-refractivity contribution in [1.29, 1.82) is 0 Å². The molecule has 0 bridgehead atoms. The lowest BCUT2D eigenvalue weighted by atomic mass is 10.4. The highest BCUT2D eigenvalue weighted by atomic mass is 32.2. The molecule has 3 nitrogen and oxygen atoms in total. The quantitative estimate of drug-likeness (QED) is 0.787. The molecule has 2 aromatic rings. The van der Waals surface area contributed by atoms with E-state index in [2.05, 4.69) is 53.0 Å². The fourth-order valence-corrected chi connectivity index (χ4v) is 2.80. The Hall–Kier alpha value is -1.26. The van der Waals surface area contributed by atoms with E-state index >= 15 is 0 Å². The van der Waals surface area contributed by atoms with E-state index in [0.29, 0.717) is 0 Å². The van der Waals surface area contributed by atoms with E-state index < -0.39 is 0 Å². The van der Waals surface area contributed by atoms with Gasteiger partial charge in [0.25, 0.3) is 0 Å². The number of hydrogen-bond donors (Lipinski definition) is 1. The Balaban J connectivity index is 1.42. The highest BCUT2D eigenvalue weighted by Gasteiger charge is 2.20. The molecule has 19 heavy (non-hydrogen) atoms. The van der Waals surface area contributed by atoms with Crippen molar-refractivity contribution in [3.63, 3.8) is 0 Å². The lowest BCUT2D eigenvalue weighted by Crippen LogP contribution is -2.16. The summed E-state index contributed by atoms with van der Waals surface area (Å²) in [5, 5.41) is 8.07. The van der Waals surface area contributed by atoms with E-state index in [-0.39, 0.29) is 0 Å². The van der Waals surface area contributed by atoms with Crippen LogP contribution in [0.15, 0.2) is 47.5 Å². The summed E-state index contributed by atoms with van der Waals surface area (Å²) in [6, 6.07) is 13.4. The number of aromatic nitrogens is 2. The first-order valence-electron chi connectivity index (χ1n) is 6.84. The predicted molar refractivity (Wildman–Crippen MR) is 79.3 cm³/mol. The van der Waals surface area contributed by atoms with Crippen molar-refractivity contribution in [2.45, 2.75) is 36.9 Å². The summed E-state index contributed by atoms with van der Waals surface area (Å²) in [4.78, 5) is 1.32. The normalized spacial score (nSPS) is 14.7. The van der Waals surface area contributed by atoms with Crippen LogP contribution in [0.4, 0.5) is 0 Å². The van der Waals surface area contributed by atoms with Gasteiger partial charge in [-0.2, -0.15) is 5.10 Å². The molecule has 1 heterocycles. The second-order valence-corrected chi connectivity index (χ2v) is 6.06. The monoisotopic (exact) mass is 273 g/mol. The van der Waals surface area contributed by atoms with Crippen LogP contribution in [0.25, 0.3) is 0 Å². The fraction of sp³-hybridized carbons (Fsp3) is 0.400. The van der Waals surface area contributed by atoms with E-state index in [1.807, 2.05) is 16.4 Å². The van der Waals surface area contributed by atoms with Gasteiger partial charge >= 0.3 is 0 Å². The highest BCUT2D eigenvalue weighted by molar-refractivity contribution is 7.99. The molecule has 0 radical (unpaired) electrons. The van der Waals surface area contributed by atoms with Crippen molar-refractivity contribution in [3.8, 4) is 0 Å². The molecule has 4 heteroatoms. The Morgan fingerprint density at radius 3 is 2.84 bits per heavy atom. The van der Waals surface area contributed by atoms with Crippen LogP contribution < -0.4 is 5.32 Å². The van der Waals surface area contributed by atoms with E-state index in [4.69, 9.17) is 0 Å². The average molecular weight is 273 g/mol. The zero-order valence-corrected chi connectivity index (χ0v) is 11.8. The molecule has 0 atom stereocenters. The van der Waals surface area contributed by atoms with Crippen LogP contribution in [0.1, 0.15) is 18.5 Å². The van der Waals surface area contributed by atoms with Gasteiger partial charge < -0.3 is 5.32 Å². The molecule has 1 N–H and O–H groups in total. The van der Waals surface area contributed by atoms with Crippen LogP contribution >= 0.6 is 11.8 Å². The van der Waals surface area contributed by atoms with Gasteiger partial charge in [-0.05, 0) is 31.0 Å². The van der Waals surface area contributed by atoms with E-state index in [0.717, 1.165) is 30.6 Å². The maximum absolute atomic E-state index is 4.58. The largest absolute Gasteiger partial charge is 0.308 e. The van der Waals surface area contributed by atoms with E-state index in [9.17, 15) is 0 Å². The summed E-state index contributed by atoms with van der Waals surface area (Å²) in [7, 11) is 0. The minimum atomic E-state index is 0.749. The molecule has 0 saturated heterocycles. The molecule has 1 aromatic heterocycles. The van der Waals surface area contributed by atoms with Gasteiger partial charge in [0.2, 0.25) is 0 Å². The molecule has 0 unspecified atom stereocenters. The van der Waals surface area contributed by atoms with Crippen molar-refractivity contribution in [1.82, 2.24) is 15.1 Å². The summed E-state index contributed by atoms with van der Waals surface area (Å²) in [6.45, 7) is 1.87. The Kier molecular flexibility index (Phi) is 4.20. The van der Waals surface area contributed by atoms with Crippen LogP contribution in [0, 0.1) is 0 Å².